The fraction of sp³-hybridized carbons (Fsp3) is 0.350. The van der Waals surface area contributed by atoms with Crippen molar-refractivity contribution in [3.05, 3.63) is 54.4 Å². The average Bonchev–Trinajstić information content (AvgIpc) is 2.65. The monoisotopic (exact) mass is 352 g/mol. The van der Waals surface area contributed by atoms with E-state index in [9.17, 15) is 4.79 Å². The van der Waals surface area contributed by atoms with Gasteiger partial charge in [0.05, 0.1) is 12.4 Å². The molecule has 1 N–H and O–H groups in total. The predicted octanol–water partition coefficient (Wildman–Crippen LogP) is 3.27. The number of carbonyl (C=O) groups is 1. The van der Waals surface area contributed by atoms with Gasteiger partial charge >= 0.3 is 5.97 Å². The van der Waals surface area contributed by atoms with Crippen molar-refractivity contribution in [2.24, 2.45) is 0 Å². The van der Waals surface area contributed by atoms with Crippen LogP contribution in [0.5, 0.6) is 5.88 Å². The van der Waals surface area contributed by atoms with Gasteiger partial charge in [-0.1, -0.05) is 18.7 Å². The summed E-state index contributed by atoms with van der Waals surface area (Å²) in [5.74, 6) is 0.300. The van der Waals surface area contributed by atoms with Crippen LogP contribution in [0.25, 0.3) is 0 Å². The lowest BCUT2D eigenvalue weighted by atomic mass is 10.0. The molecule has 1 aromatic carbocycles. The first kappa shape index (κ1) is 17.9. The Kier molecular flexibility index (Phi) is 5.51. The highest BCUT2D eigenvalue weighted by Gasteiger charge is 2.21. The number of benzene rings is 1. The molecule has 6 heteroatoms. The van der Waals surface area contributed by atoms with Gasteiger partial charge in [-0.05, 0) is 43.9 Å². The SMILES string of the molecule is C=CC(=O)Oc1cnc(NC2CCCN(c3cc(C)ccc3C)C2)cn1. The van der Waals surface area contributed by atoms with Crippen LogP contribution in [0.4, 0.5) is 11.5 Å². The number of rotatable bonds is 5. The summed E-state index contributed by atoms with van der Waals surface area (Å²) in [4.78, 5) is 22.0. The van der Waals surface area contributed by atoms with E-state index in [1.807, 2.05) is 0 Å². The van der Waals surface area contributed by atoms with E-state index in [0.717, 1.165) is 32.0 Å². The fourth-order valence-corrected chi connectivity index (χ4v) is 3.17. The molecule has 1 unspecified atom stereocenters. The van der Waals surface area contributed by atoms with Crippen LogP contribution in [-0.2, 0) is 4.79 Å². The Hall–Kier alpha value is -2.89. The lowest BCUT2D eigenvalue weighted by Gasteiger charge is -2.36. The second-order valence-electron chi connectivity index (χ2n) is 6.58. The van der Waals surface area contributed by atoms with Crippen molar-refractivity contribution < 1.29 is 9.53 Å². The molecule has 1 atom stereocenters. The standard InChI is InChI=1S/C20H24N4O2/c1-4-20(25)26-19-12-21-18(11-22-19)23-16-6-5-9-24(13-16)17-10-14(2)7-8-15(17)3/h4,7-8,10-12,16H,1,5-6,9,13H2,2-3H3,(H,21,23). The summed E-state index contributed by atoms with van der Waals surface area (Å²) in [6.45, 7) is 9.61. The molecule has 0 spiro atoms. The molecule has 26 heavy (non-hydrogen) atoms. The highest BCUT2D eigenvalue weighted by molar-refractivity contribution is 5.83. The van der Waals surface area contributed by atoms with Gasteiger partial charge < -0.3 is 15.0 Å². The fourth-order valence-electron chi connectivity index (χ4n) is 3.17. The molecule has 3 rings (SSSR count). The summed E-state index contributed by atoms with van der Waals surface area (Å²) in [5.41, 5.74) is 3.87. The topological polar surface area (TPSA) is 67.3 Å². The van der Waals surface area contributed by atoms with Gasteiger partial charge in [0.25, 0.3) is 0 Å². The first-order valence-corrected chi connectivity index (χ1v) is 8.80. The number of piperidine rings is 1. The van der Waals surface area contributed by atoms with Crippen LogP contribution >= 0.6 is 0 Å². The minimum absolute atomic E-state index is 0.168. The van der Waals surface area contributed by atoms with E-state index in [1.165, 1.54) is 23.0 Å². The van der Waals surface area contributed by atoms with Gasteiger partial charge in [0.1, 0.15) is 5.82 Å². The molecule has 1 aromatic heterocycles. The van der Waals surface area contributed by atoms with E-state index in [-0.39, 0.29) is 5.88 Å². The number of ether oxygens (including phenoxy) is 1. The van der Waals surface area contributed by atoms with Gasteiger partial charge in [-0.2, -0.15) is 0 Å². The molecule has 0 bridgehead atoms. The number of nitrogens with one attached hydrogen (secondary N) is 1. The molecule has 2 aromatic rings. The summed E-state index contributed by atoms with van der Waals surface area (Å²) < 4.78 is 4.94. The van der Waals surface area contributed by atoms with Crippen molar-refractivity contribution in [1.82, 2.24) is 9.97 Å². The largest absolute Gasteiger partial charge is 0.403 e. The maximum absolute atomic E-state index is 11.2. The Bertz CT molecular complexity index is 789. The summed E-state index contributed by atoms with van der Waals surface area (Å²) in [6, 6.07) is 6.87. The second kappa shape index (κ2) is 7.99. The minimum atomic E-state index is -0.545. The first-order chi connectivity index (χ1) is 12.5. The Labute approximate surface area is 153 Å². The van der Waals surface area contributed by atoms with E-state index in [4.69, 9.17) is 4.74 Å². The average molecular weight is 352 g/mol. The number of carbonyl (C=O) groups excluding carboxylic acids is 1. The third-order valence-electron chi connectivity index (χ3n) is 4.48. The predicted molar refractivity (Wildman–Crippen MR) is 103 cm³/mol. The molecule has 6 nitrogen and oxygen atoms in total. The zero-order valence-electron chi connectivity index (χ0n) is 15.2. The van der Waals surface area contributed by atoms with Crippen LogP contribution < -0.4 is 15.0 Å². The molecular weight excluding hydrogens is 328 g/mol. The van der Waals surface area contributed by atoms with E-state index < -0.39 is 5.97 Å². The van der Waals surface area contributed by atoms with E-state index in [0.29, 0.717) is 11.9 Å². The lowest BCUT2D eigenvalue weighted by molar-refractivity contribution is -0.129. The number of hydrogen-bond donors (Lipinski definition) is 1. The Morgan fingerprint density at radius 2 is 2.19 bits per heavy atom. The summed E-state index contributed by atoms with van der Waals surface area (Å²) in [7, 11) is 0. The van der Waals surface area contributed by atoms with Crippen LogP contribution in [0, 0.1) is 13.8 Å². The highest BCUT2D eigenvalue weighted by Crippen LogP contribution is 2.26. The van der Waals surface area contributed by atoms with E-state index >= 15 is 0 Å². The van der Waals surface area contributed by atoms with Crippen molar-refractivity contribution in [3.63, 3.8) is 0 Å². The van der Waals surface area contributed by atoms with Crippen molar-refractivity contribution in [2.45, 2.75) is 32.7 Å². The molecule has 136 valence electrons. The van der Waals surface area contributed by atoms with Gasteiger partial charge in [-0.3, -0.25) is 0 Å². The summed E-state index contributed by atoms with van der Waals surface area (Å²) in [5, 5.41) is 3.43. The van der Waals surface area contributed by atoms with Crippen molar-refractivity contribution in [1.29, 1.82) is 0 Å². The van der Waals surface area contributed by atoms with Crippen LogP contribution in [-0.4, -0.2) is 35.1 Å². The molecule has 1 saturated heterocycles. The molecule has 1 aliphatic rings. The maximum Gasteiger partial charge on any atom is 0.336 e. The van der Waals surface area contributed by atoms with E-state index in [1.54, 1.807) is 6.20 Å². The second-order valence-corrected chi connectivity index (χ2v) is 6.58. The van der Waals surface area contributed by atoms with Gasteiger partial charge in [0, 0.05) is 30.9 Å². The number of aryl methyl sites for hydroxylation is 2. The molecule has 1 fully saturated rings. The highest BCUT2D eigenvalue weighted by atomic mass is 16.5. The number of nitrogens with zero attached hydrogens (tertiary/aromatic N) is 3. The van der Waals surface area contributed by atoms with Gasteiger partial charge in [0.2, 0.25) is 5.88 Å². The Morgan fingerprint density at radius 3 is 2.92 bits per heavy atom. The van der Waals surface area contributed by atoms with Gasteiger partial charge in [-0.15, -0.1) is 0 Å². The summed E-state index contributed by atoms with van der Waals surface area (Å²) in [6.07, 6.45) is 6.32. The number of anilines is 2. The Morgan fingerprint density at radius 1 is 1.35 bits per heavy atom. The third kappa shape index (κ3) is 4.39. The molecule has 0 aliphatic carbocycles. The first-order valence-electron chi connectivity index (χ1n) is 8.80. The quantitative estimate of drug-likeness (QED) is 0.658. The molecule has 0 amide bonds. The maximum atomic E-state index is 11.2. The van der Waals surface area contributed by atoms with Crippen molar-refractivity contribution >= 4 is 17.5 Å². The van der Waals surface area contributed by atoms with Crippen LogP contribution in [0.2, 0.25) is 0 Å². The number of aromatic nitrogens is 2. The van der Waals surface area contributed by atoms with Crippen molar-refractivity contribution in [2.75, 3.05) is 23.3 Å². The molecule has 0 saturated carbocycles. The van der Waals surface area contributed by atoms with Gasteiger partial charge in [-0.25, -0.2) is 14.8 Å². The molecular formula is C20H24N4O2. The number of hydrogen-bond acceptors (Lipinski definition) is 6. The smallest absolute Gasteiger partial charge is 0.336 e. The van der Waals surface area contributed by atoms with Crippen LogP contribution in [0.1, 0.15) is 24.0 Å². The van der Waals surface area contributed by atoms with Crippen LogP contribution in [0.3, 0.4) is 0 Å². The Balaban J connectivity index is 1.64. The number of esters is 1. The van der Waals surface area contributed by atoms with Crippen molar-refractivity contribution in [3.8, 4) is 5.88 Å². The lowest BCUT2D eigenvalue weighted by Crippen LogP contribution is -2.42. The normalized spacial score (nSPS) is 16.8. The van der Waals surface area contributed by atoms with Gasteiger partial charge in [0.15, 0.2) is 0 Å². The molecule has 0 radical (unpaired) electrons. The van der Waals surface area contributed by atoms with Crippen LogP contribution in [0.15, 0.2) is 43.2 Å². The van der Waals surface area contributed by atoms with E-state index in [2.05, 4.69) is 58.8 Å². The molecule has 2 heterocycles. The summed E-state index contributed by atoms with van der Waals surface area (Å²) >= 11 is 0. The minimum Gasteiger partial charge on any atom is -0.403 e. The molecule has 1 aliphatic heterocycles. The zero-order chi connectivity index (χ0) is 18.5. The zero-order valence-corrected chi connectivity index (χ0v) is 15.2. The third-order valence-corrected chi connectivity index (χ3v) is 4.48.